The Morgan fingerprint density at radius 3 is 0.656 bits per heavy atom. The van der Waals surface area contributed by atoms with Crippen LogP contribution in [0.25, 0.3) is 0 Å². The van der Waals surface area contributed by atoms with E-state index < -0.39 is 92.6 Å². The largest absolute Gasteiger partial charge is 0.389 e. The van der Waals surface area contributed by atoms with Crippen molar-refractivity contribution < 1.29 is 134 Å². The van der Waals surface area contributed by atoms with Gasteiger partial charge in [-0.25, -0.2) is 0 Å². The molecule has 0 amide bonds. The van der Waals surface area contributed by atoms with Crippen LogP contribution in [0.3, 0.4) is 0 Å². The summed E-state index contributed by atoms with van der Waals surface area (Å²) in [5.74, 6) is -0.00263. The summed E-state index contributed by atoms with van der Waals surface area (Å²) in [6.07, 6.45) is -27.3. The Bertz CT molecular complexity index is 4040. The molecule has 0 saturated heterocycles. The van der Waals surface area contributed by atoms with E-state index in [9.17, 15) is 65.9 Å². The van der Waals surface area contributed by atoms with Crippen LogP contribution in [0.2, 0.25) is 0 Å². The van der Waals surface area contributed by atoms with E-state index >= 15 is 0 Å². The molecule has 6 aromatic carbocycles. The van der Waals surface area contributed by atoms with Gasteiger partial charge in [0.2, 0.25) is 0 Å². The Hall–Kier alpha value is -6.53. The molecule has 4 aliphatic rings. The van der Waals surface area contributed by atoms with Crippen LogP contribution in [0.5, 0.6) is 0 Å². The molecule has 0 spiro atoms. The Labute approximate surface area is 776 Å². The molecular formula is C102H129F15Fe4N4. The first-order valence-corrected chi connectivity index (χ1v) is 42.9. The number of benzene rings is 6. The van der Waals surface area contributed by atoms with Crippen LogP contribution in [-0.2, 0) is 68.3 Å². The van der Waals surface area contributed by atoms with Gasteiger partial charge in [0, 0.05) is 149 Å². The second kappa shape index (κ2) is 52.3. The average molecular weight is 1920 g/mol. The fourth-order valence-electron chi connectivity index (χ4n) is 21.2. The number of rotatable bonds is 15. The molecule has 4 N–H and O–H groups in total. The summed E-state index contributed by atoms with van der Waals surface area (Å²) >= 11 is 0. The van der Waals surface area contributed by atoms with Crippen LogP contribution in [0.15, 0.2) is 262 Å². The first-order valence-electron chi connectivity index (χ1n) is 42.9. The molecule has 4 heterocycles. The molecule has 4 aromatic heterocycles. The summed E-state index contributed by atoms with van der Waals surface area (Å²) in [6, 6.07) is 81.0. The summed E-state index contributed by atoms with van der Waals surface area (Å²) in [4.78, 5) is 11.8. The van der Waals surface area contributed by atoms with Gasteiger partial charge in [-0.1, -0.05) is 272 Å². The molecule has 4 aliphatic carbocycles. The average Bonchev–Trinajstić information content (AvgIpc) is 1.60. The van der Waals surface area contributed by atoms with Crippen molar-refractivity contribution in [1.82, 2.24) is 19.9 Å². The molecule has 10 aromatic rings. The van der Waals surface area contributed by atoms with Crippen LogP contribution >= 0.6 is 0 Å². The summed E-state index contributed by atoms with van der Waals surface area (Å²) in [5, 5.41) is 0. The van der Waals surface area contributed by atoms with Crippen molar-refractivity contribution in [3.05, 3.63) is 312 Å². The molecule has 0 bridgehead atoms. The van der Waals surface area contributed by atoms with Crippen LogP contribution in [-0.4, -0.2) is 50.8 Å². The Kier molecular flexibility index (Phi) is 47.2. The van der Waals surface area contributed by atoms with Crippen molar-refractivity contribution in [2.45, 2.75) is 209 Å². The van der Waals surface area contributed by atoms with Gasteiger partial charge in [0.15, 0.2) is 0 Å². The standard InChI is InChI=1S/C30H28.C23H38.C15H15F15.C15H22.C6H9N.C5H7N.2C4H5N.4Fe/c1-22-27(23-14-6-2-7-15-23)29(25-18-10-4-11-19-25)30(26-20-12-5-13-21-26)28(22)24-16-8-3-9-17-24;1-14(2)19-20(15(3)4)22(17(7)8)23(21(19)16(5)6)18-12-10-9-11-13-18;16-11(17,18)1-6-7(2-12(19,20)21)9(4-14(25,26)27)10(5-15(28,29)30)8(6)3-13(22,23)24;1-10-11(2)13(4)15(12(10)3)14-8-6-5-7-9-14;1-5-3-6(2)7-4-5;1-5-3-2-4-6-5;2*1-2-4-5-3-1;;;;/h2-22,27-30H,1H3;9-17,19-23H,1-8H3;6-10H,1-5H2;5-13,15H,1-4H3;3-4,7H,1-2H3;2-4,6H,1H3;2*1-5H;;;;. The normalized spacial score (nSPS) is 25.6. The van der Waals surface area contributed by atoms with Gasteiger partial charge in [0.1, 0.15) is 0 Å². The molecule has 12 unspecified atom stereocenters. The summed E-state index contributed by atoms with van der Waals surface area (Å²) in [5.41, 5.74) is 12.7. The monoisotopic (exact) mass is 1920 g/mol. The van der Waals surface area contributed by atoms with E-state index in [2.05, 4.69) is 305 Å². The van der Waals surface area contributed by atoms with Gasteiger partial charge in [-0.3, -0.25) is 0 Å². The Morgan fingerprint density at radius 2 is 0.488 bits per heavy atom. The number of aryl methyl sites for hydroxylation is 3. The van der Waals surface area contributed by atoms with E-state index in [4.69, 9.17) is 0 Å². The summed E-state index contributed by atoms with van der Waals surface area (Å²) in [6.45, 7) is 37.9. The minimum atomic E-state index is -5.39. The van der Waals surface area contributed by atoms with Gasteiger partial charge in [0.25, 0.3) is 0 Å². The third-order valence-corrected chi connectivity index (χ3v) is 26.1. The summed E-state index contributed by atoms with van der Waals surface area (Å²) < 4.78 is 193. The Morgan fingerprint density at radius 1 is 0.248 bits per heavy atom. The number of H-pyrrole nitrogens is 4. The first kappa shape index (κ1) is 113. The van der Waals surface area contributed by atoms with Crippen molar-refractivity contribution in [3.8, 4) is 0 Å². The minimum absolute atomic E-state index is 0. The van der Waals surface area contributed by atoms with Gasteiger partial charge >= 0.3 is 30.9 Å². The molecule has 23 heteroatoms. The fourth-order valence-corrected chi connectivity index (χ4v) is 21.2. The number of aromatic nitrogens is 4. The Balaban J connectivity index is 0.000000396. The maximum absolute atomic E-state index is 12.8. The predicted molar refractivity (Wildman–Crippen MR) is 462 cm³/mol. The molecule has 125 heavy (non-hydrogen) atoms. The first-order chi connectivity index (χ1) is 56.9. The van der Waals surface area contributed by atoms with E-state index in [0.29, 0.717) is 29.6 Å². The minimum Gasteiger partial charge on any atom is -0.368 e. The predicted octanol–water partition coefficient (Wildman–Crippen LogP) is 31.8. The quantitative estimate of drug-likeness (QED) is 0.0584. The molecule has 14 rings (SSSR count). The van der Waals surface area contributed by atoms with Crippen molar-refractivity contribution in [3.63, 3.8) is 0 Å². The number of hydrogen-bond acceptors (Lipinski definition) is 0. The third-order valence-electron chi connectivity index (χ3n) is 26.1. The molecular weight excluding hydrogens is 1790 g/mol. The zero-order chi connectivity index (χ0) is 89.3. The van der Waals surface area contributed by atoms with Crippen LogP contribution in [0.1, 0.15) is 208 Å². The zero-order valence-corrected chi connectivity index (χ0v) is 78.7. The van der Waals surface area contributed by atoms with Crippen LogP contribution in [0.4, 0.5) is 65.9 Å². The smallest absolute Gasteiger partial charge is 0.368 e. The van der Waals surface area contributed by atoms with Gasteiger partial charge in [-0.05, 0) is 244 Å². The molecule has 4 saturated carbocycles. The molecule has 0 aliphatic heterocycles. The third kappa shape index (κ3) is 34.7. The van der Waals surface area contributed by atoms with E-state index in [0.717, 1.165) is 82.9 Å². The number of hydrogen-bond donors (Lipinski definition) is 4. The van der Waals surface area contributed by atoms with Crippen molar-refractivity contribution >= 4 is 0 Å². The molecule has 0 radical (unpaired) electrons. The molecule has 4 nitrogen and oxygen atoms in total. The summed E-state index contributed by atoms with van der Waals surface area (Å²) in [7, 11) is 0. The molecule has 4 fully saturated rings. The second-order valence-corrected chi connectivity index (χ2v) is 35.6. The maximum Gasteiger partial charge on any atom is 0.389 e. The van der Waals surface area contributed by atoms with Gasteiger partial charge < -0.3 is 19.9 Å². The second-order valence-electron chi connectivity index (χ2n) is 35.6. The van der Waals surface area contributed by atoms with Crippen molar-refractivity contribution in [1.29, 1.82) is 0 Å². The van der Waals surface area contributed by atoms with Crippen LogP contribution < -0.4 is 0 Å². The number of halogens is 15. The fraction of sp³-hybridized carbons (Fsp3) is 0.490. The van der Waals surface area contributed by atoms with Gasteiger partial charge in [0.05, 0.1) is 0 Å². The van der Waals surface area contributed by atoms with E-state index in [1.54, 1.807) is 5.56 Å². The van der Waals surface area contributed by atoms with E-state index in [1.807, 2.05) is 87.4 Å². The number of aromatic amines is 4. The van der Waals surface area contributed by atoms with Crippen molar-refractivity contribution in [2.24, 2.45) is 107 Å². The van der Waals surface area contributed by atoms with E-state index in [-0.39, 0.29) is 68.3 Å². The number of alkyl halides is 15. The molecule has 694 valence electrons. The van der Waals surface area contributed by atoms with Crippen molar-refractivity contribution in [2.75, 3.05) is 0 Å². The number of nitrogens with one attached hydrogen (secondary N) is 4. The van der Waals surface area contributed by atoms with E-state index in [1.165, 1.54) is 44.8 Å². The topological polar surface area (TPSA) is 63.2 Å². The zero-order valence-electron chi connectivity index (χ0n) is 74.3. The van der Waals surface area contributed by atoms with Crippen LogP contribution in [0, 0.1) is 127 Å². The molecule has 12 atom stereocenters. The SMILES string of the molecule is CC(C)C1C(c2ccccc2)C(C(C)C)C(C(C)C)C1C(C)C.CC1C(C)C(C)C(c2ccccc2)C1C.CC1C(c2ccccc2)C(c2ccccc2)C(c2ccccc2)C1c1ccccc1.Cc1c[nH]c(C)c1.Cc1ccc[nH]1.FC(F)(F)CC1C(CC(F)(F)F)C(CC(F)(F)F)C(CC(F)(F)F)C1CC(F)(F)F.[Fe].[Fe].[Fe].[Fe].c1cc[nH]c1.c1cc[nH]c1. The maximum atomic E-state index is 12.8. The van der Waals surface area contributed by atoms with Gasteiger partial charge in [-0.2, -0.15) is 65.9 Å². The van der Waals surface area contributed by atoms with Gasteiger partial charge in [-0.15, -0.1) is 0 Å².